The molecule has 0 aliphatic rings. The minimum atomic E-state index is -3.50. The zero-order chi connectivity index (χ0) is 12.3. The molecule has 0 spiro atoms. The van der Waals surface area contributed by atoms with E-state index in [1.807, 2.05) is 0 Å². The summed E-state index contributed by atoms with van der Waals surface area (Å²) in [6, 6.07) is 1.77. The highest BCUT2D eigenvalue weighted by molar-refractivity contribution is 7.93. The Morgan fingerprint density at radius 2 is 1.88 bits per heavy atom. The molecule has 0 radical (unpaired) electrons. The molecule has 0 aliphatic heterocycles. The molecule has 1 aromatic heterocycles. The number of aryl methyl sites for hydroxylation is 2. The van der Waals surface area contributed by atoms with Gasteiger partial charge in [-0.05, 0) is 26.8 Å². The van der Waals surface area contributed by atoms with Crippen LogP contribution in [-0.4, -0.2) is 30.2 Å². The van der Waals surface area contributed by atoms with Gasteiger partial charge in [-0.2, -0.15) is 0 Å². The summed E-state index contributed by atoms with van der Waals surface area (Å²) in [6.45, 7) is 5.14. The largest absolute Gasteiger partial charge is 0.329 e. The molecule has 90 valence electrons. The van der Waals surface area contributed by atoms with E-state index in [9.17, 15) is 8.42 Å². The van der Waals surface area contributed by atoms with Crippen LogP contribution in [0.5, 0.6) is 0 Å². The fourth-order valence-corrected chi connectivity index (χ4v) is 1.93. The summed E-state index contributed by atoms with van der Waals surface area (Å²) in [5, 5.41) is -0.670. The van der Waals surface area contributed by atoms with Gasteiger partial charge < -0.3 is 5.73 Å². The first-order chi connectivity index (χ1) is 7.35. The zero-order valence-corrected chi connectivity index (χ0v) is 10.4. The maximum absolute atomic E-state index is 11.7. The number of nitrogens with two attached hydrogens (primary N) is 1. The van der Waals surface area contributed by atoms with Crippen molar-refractivity contribution in [2.45, 2.75) is 26.0 Å². The first kappa shape index (κ1) is 12.9. The van der Waals surface area contributed by atoms with E-state index in [4.69, 9.17) is 5.73 Å². The van der Waals surface area contributed by atoms with Gasteiger partial charge in [0.2, 0.25) is 16.0 Å². The molecule has 0 bridgehead atoms. The van der Waals surface area contributed by atoms with Crippen LogP contribution in [0.1, 0.15) is 18.3 Å². The number of anilines is 1. The zero-order valence-electron chi connectivity index (χ0n) is 9.56. The minimum Gasteiger partial charge on any atom is -0.329 e. The Kier molecular flexibility index (Phi) is 3.82. The summed E-state index contributed by atoms with van der Waals surface area (Å²) in [6.07, 6.45) is 0. The molecule has 0 aliphatic carbocycles. The Bertz CT molecular complexity index is 452. The van der Waals surface area contributed by atoms with Gasteiger partial charge in [0, 0.05) is 17.9 Å². The third-order valence-corrected chi connectivity index (χ3v) is 3.80. The SMILES string of the molecule is Cc1cc(C)nc(NS(=O)(=O)C(C)CN)n1. The summed E-state index contributed by atoms with van der Waals surface area (Å²) >= 11 is 0. The predicted molar refractivity (Wildman–Crippen MR) is 62.6 cm³/mol. The summed E-state index contributed by atoms with van der Waals surface area (Å²) in [4.78, 5) is 7.99. The quantitative estimate of drug-likeness (QED) is 0.787. The van der Waals surface area contributed by atoms with E-state index < -0.39 is 15.3 Å². The molecular formula is C9H16N4O2S. The Morgan fingerprint density at radius 1 is 1.38 bits per heavy atom. The minimum absolute atomic E-state index is 0.0557. The van der Waals surface area contributed by atoms with Gasteiger partial charge in [-0.1, -0.05) is 0 Å². The van der Waals surface area contributed by atoms with E-state index in [2.05, 4.69) is 14.7 Å². The number of aromatic nitrogens is 2. The van der Waals surface area contributed by atoms with E-state index in [1.165, 1.54) is 6.92 Å². The summed E-state index contributed by atoms with van der Waals surface area (Å²) in [7, 11) is -3.50. The molecule has 1 unspecified atom stereocenters. The lowest BCUT2D eigenvalue weighted by Crippen LogP contribution is -2.32. The maximum Gasteiger partial charge on any atom is 0.238 e. The topological polar surface area (TPSA) is 98.0 Å². The highest BCUT2D eigenvalue weighted by Gasteiger charge is 2.20. The Balaban J connectivity index is 2.97. The maximum atomic E-state index is 11.7. The second-order valence-electron chi connectivity index (χ2n) is 3.67. The molecule has 1 heterocycles. The van der Waals surface area contributed by atoms with Crippen molar-refractivity contribution < 1.29 is 8.42 Å². The lowest BCUT2D eigenvalue weighted by molar-refractivity contribution is 0.589. The standard InChI is InChI=1S/C9H16N4O2S/c1-6-4-7(2)12-9(11-6)13-16(14,15)8(3)5-10/h4,8H,5,10H2,1-3H3,(H,11,12,13). The third kappa shape index (κ3) is 3.14. The van der Waals surface area contributed by atoms with Crippen molar-refractivity contribution in [3.05, 3.63) is 17.5 Å². The lowest BCUT2D eigenvalue weighted by Gasteiger charge is -2.12. The van der Waals surface area contributed by atoms with Crippen molar-refractivity contribution >= 4 is 16.0 Å². The van der Waals surface area contributed by atoms with Crippen LogP contribution in [0.3, 0.4) is 0 Å². The molecule has 0 amide bonds. The number of nitrogens with zero attached hydrogens (tertiary/aromatic N) is 2. The number of hydrogen-bond donors (Lipinski definition) is 2. The Hall–Kier alpha value is -1.21. The molecule has 6 nitrogen and oxygen atoms in total. The monoisotopic (exact) mass is 244 g/mol. The van der Waals surface area contributed by atoms with Gasteiger partial charge in [-0.15, -0.1) is 0 Å². The van der Waals surface area contributed by atoms with Crippen molar-refractivity contribution in [2.75, 3.05) is 11.3 Å². The van der Waals surface area contributed by atoms with E-state index in [1.54, 1.807) is 19.9 Å². The average molecular weight is 244 g/mol. The number of rotatable bonds is 4. The predicted octanol–water partition coefficient (Wildman–Crippen LogP) is 0.182. The molecule has 1 atom stereocenters. The van der Waals surface area contributed by atoms with Crippen LogP contribution in [0.2, 0.25) is 0 Å². The van der Waals surface area contributed by atoms with E-state index in [0.29, 0.717) is 11.4 Å². The van der Waals surface area contributed by atoms with Crippen LogP contribution in [0.4, 0.5) is 5.95 Å². The first-order valence-corrected chi connectivity index (χ1v) is 6.44. The lowest BCUT2D eigenvalue weighted by atomic mass is 10.4. The van der Waals surface area contributed by atoms with Gasteiger partial charge in [0.15, 0.2) is 0 Å². The fourth-order valence-electron chi connectivity index (χ4n) is 1.13. The van der Waals surface area contributed by atoms with Crippen molar-refractivity contribution in [1.29, 1.82) is 0 Å². The Labute approximate surface area is 95.3 Å². The molecule has 0 saturated carbocycles. The van der Waals surface area contributed by atoms with Crippen molar-refractivity contribution in [1.82, 2.24) is 9.97 Å². The van der Waals surface area contributed by atoms with Crippen molar-refractivity contribution in [2.24, 2.45) is 5.73 Å². The molecule has 16 heavy (non-hydrogen) atoms. The van der Waals surface area contributed by atoms with Gasteiger partial charge >= 0.3 is 0 Å². The molecule has 0 saturated heterocycles. The van der Waals surface area contributed by atoms with Crippen LogP contribution in [0.25, 0.3) is 0 Å². The van der Waals surface area contributed by atoms with Crippen molar-refractivity contribution in [3.63, 3.8) is 0 Å². The second-order valence-corrected chi connectivity index (χ2v) is 5.77. The van der Waals surface area contributed by atoms with Gasteiger partial charge in [-0.25, -0.2) is 18.4 Å². The fraction of sp³-hybridized carbons (Fsp3) is 0.556. The number of hydrogen-bond acceptors (Lipinski definition) is 5. The first-order valence-electron chi connectivity index (χ1n) is 4.89. The molecule has 3 N–H and O–H groups in total. The normalized spacial score (nSPS) is 13.5. The van der Waals surface area contributed by atoms with Gasteiger partial charge in [-0.3, -0.25) is 4.72 Å². The Morgan fingerprint density at radius 3 is 2.31 bits per heavy atom. The van der Waals surface area contributed by atoms with Gasteiger partial charge in [0.25, 0.3) is 0 Å². The van der Waals surface area contributed by atoms with Crippen LogP contribution in [0, 0.1) is 13.8 Å². The van der Waals surface area contributed by atoms with E-state index in [-0.39, 0.29) is 12.5 Å². The molecule has 0 fully saturated rings. The summed E-state index contributed by atoms with van der Waals surface area (Å²) in [5.74, 6) is 0.0952. The van der Waals surface area contributed by atoms with Crippen LogP contribution >= 0.6 is 0 Å². The smallest absolute Gasteiger partial charge is 0.238 e. The van der Waals surface area contributed by atoms with E-state index >= 15 is 0 Å². The molecular weight excluding hydrogens is 228 g/mol. The molecule has 1 aromatic rings. The molecule has 0 aromatic carbocycles. The van der Waals surface area contributed by atoms with E-state index in [0.717, 1.165) is 0 Å². The van der Waals surface area contributed by atoms with Crippen LogP contribution in [-0.2, 0) is 10.0 Å². The molecule has 7 heteroatoms. The van der Waals surface area contributed by atoms with Crippen LogP contribution in [0.15, 0.2) is 6.07 Å². The highest BCUT2D eigenvalue weighted by Crippen LogP contribution is 2.08. The van der Waals surface area contributed by atoms with Crippen molar-refractivity contribution in [3.8, 4) is 0 Å². The summed E-state index contributed by atoms with van der Waals surface area (Å²) in [5.41, 5.74) is 6.74. The van der Waals surface area contributed by atoms with Gasteiger partial charge in [0.1, 0.15) is 0 Å². The second kappa shape index (κ2) is 4.75. The van der Waals surface area contributed by atoms with Gasteiger partial charge in [0.05, 0.1) is 5.25 Å². The third-order valence-electron chi connectivity index (χ3n) is 2.08. The van der Waals surface area contributed by atoms with Crippen LogP contribution < -0.4 is 10.5 Å². The summed E-state index contributed by atoms with van der Waals surface area (Å²) < 4.78 is 25.7. The molecule has 1 rings (SSSR count). The number of nitrogens with one attached hydrogen (secondary N) is 1. The number of sulfonamides is 1. The average Bonchev–Trinajstić information content (AvgIpc) is 2.13. The highest BCUT2D eigenvalue weighted by atomic mass is 32.2.